The fourth-order valence-corrected chi connectivity index (χ4v) is 2.67. The van der Waals surface area contributed by atoms with Crippen molar-refractivity contribution in [2.24, 2.45) is 5.10 Å². The van der Waals surface area contributed by atoms with E-state index in [2.05, 4.69) is 20.4 Å². The molecule has 1 aliphatic rings. The maximum Gasteiger partial charge on any atom is 0.416 e. The van der Waals surface area contributed by atoms with Gasteiger partial charge in [-0.3, -0.25) is 0 Å². The fraction of sp³-hybridized carbons (Fsp3) is 0.278. The molecule has 2 heterocycles. The van der Waals surface area contributed by atoms with Gasteiger partial charge in [-0.1, -0.05) is 18.2 Å². The number of anilines is 1. The summed E-state index contributed by atoms with van der Waals surface area (Å²) in [4.78, 5) is 20.1. The van der Waals surface area contributed by atoms with Crippen LogP contribution >= 0.6 is 0 Å². The van der Waals surface area contributed by atoms with Gasteiger partial charge < -0.3 is 9.80 Å². The molecule has 0 unspecified atom stereocenters. The predicted molar refractivity (Wildman–Crippen MR) is 95.6 cm³/mol. The summed E-state index contributed by atoms with van der Waals surface area (Å²) in [5.41, 5.74) is 2.13. The number of aromatic nitrogens is 1. The number of halogens is 3. The van der Waals surface area contributed by atoms with Crippen LogP contribution in [0.4, 0.5) is 23.8 Å². The van der Waals surface area contributed by atoms with Crippen molar-refractivity contribution < 1.29 is 18.0 Å². The zero-order valence-electron chi connectivity index (χ0n) is 14.4. The molecule has 1 aromatic carbocycles. The maximum atomic E-state index is 12.5. The highest BCUT2D eigenvalue weighted by atomic mass is 19.4. The smallest absolute Gasteiger partial charge is 0.353 e. The molecule has 0 aliphatic carbocycles. The van der Waals surface area contributed by atoms with Crippen molar-refractivity contribution in [3.05, 3.63) is 59.8 Å². The van der Waals surface area contributed by atoms with E-state index in [1.807, 2.05) is 18.2 Å². The minimum Gasteiger partial charge on any atom is -0.353 e. The molecule has 3 rings (SSSR count). The van der Waals surface area contributed by atoms with Crippen molar-refractivity contribution >= 4 is 18.1 Å². The number of urea groups is 1. The third kappa shape index (κ3) is 4.96. The fourth-order valence-electron chi connectivity index (χ4n) is 2.67. The Balaban J connectivity index is 1.48. The van der Waals surface area contributed by atoms with Gasteiger partial charge in [0.25, 0.3) is 0 Å². The summed E-state index contributed by atoms with van der Waals surface area (Å²) in [6.45, 7) is 2.37. The molecule has 0 saturated carbocycles. The summed E-state index contributed by atoms with van der Waals surface area (Å²) >= 11 is 0. The number of hydrazone groups is 1. The number of hydrogen-bond donors (Lipinski definition) is 1. The molecular weight excluding hydrogens is 359 g/mol. The van der Waals surface area contributed by atoms with Crippen LogP contribution in [0.2, 0.25) is 0 Å². The normalized spacial score (nSPS) is 15.2. The van der Waals surface area contributed by atoms with E-state index in [1.54, 1.807) is 11.1 Å². The van der Waals surface area contributed by atoms with E-state index < -0.39 is 11.7 Å². The molecule has 2 amide bonds. The summed E-state index contributed by atoms with van der Waals surface area (Å²) < 4.78 is 37.5. The first kappa shape index (κ1) is 18.7. The van der Waals surface area contributed by atoms with Crippen LogP contribution in [-0.4, -0.2) is 48.3 Å². The first-order valence-corrected chi connectivity index (χ1v) is 8.35. The van der Waals surface area contributed by atoms with Gasteiger partial charge in [0.05, 0.1) is 11.8 Å². The van der Waals surface area contributed by atoms with Gasteiger partial charge in [-0.05, 0) is 29.8 Å². The predicted octanol–water partition coefficient (Wildman–Crippen LogP) is 2.97. The molecule has 1 aromatic heterocycles. The van der Waals surface area contributed by atoms with Crippen LogP contribution in [0.5, 0.6) is 0 Å². The Morgan fingerprint density at radius 2 is 1.78 bits per heavy atom. The average molecular weight is 377 g/mol. The quantitative estimate of drug-likeness (QED) is 0.661. The van der Waals surface area contributed by atoms with Crippen LogP contribution < -0.4 is 10.3 Å². The van der Waals surface area contributed by atoms with Gasteiger partial charge in [-0.25, -0.2) is 15.2 Å². The Labute approximate surface area is 154 Å². The molecule has 1 fully saturated rings. The number of pyridine rings is 1. The molecule has 0 atom stereocenters. The summed E-state index contributed by atoms with van der Waals surface area (Å²) in [7, 11) is 0. The summed E-state index contributed by atoms with van der Waals surface area (Å²) in [5, 5.41) is 3.81. The number of rotatable bonds is 3. The number of carbonyl (C=O) groups excluding carboxylic acids is 1. The molecule has 0 radical (unpaired) electrons. The molecule has 0 bridgehead atoms. The summed E-state index contributed by atoms with van der Waals surface area (Å²) in [6.07, 6.45) is -1.34. The first-order valence-electron chi connectivity index (χ1n) is 8.35. The Morgan fingerprint density at radius 1 is 1.07 bits per heavy atom. The highest BCUT2D eigenvalue weighted by molar-refractivity contribution is 5.82. The van der Waals surface area contributed by atoms with Gasteiger partial charge in [0.2, 0.25) is 0 Å². The van der Waals surface area contributed by atoms with Crippen LogP contribution in [0.15, 0.2) is 53.8 Å². The van der Waals surface area contributed by atoms with E-state index >= 15 is 0 Å². The number of benzene rings is 1. The second kappa shape index (κ2) is 8.07. The van der Waals surface area contributed by atoms with Crippen LogP contribution in [-0.2, 0) is 6.18 Å². The van der Waals surface area contributed by atoms with Crippen LogP contribution in [0.3, 0.4) is 0 Å². The van der Waals surface area contributed by atoms with E-state index in [9.17, 15) is 18.0 Å². The maximum absolute atomic E-state index is 12.5. The third-order valence-electron chi connectivity index (χ3n) is 4.15. The summed E-state index contributed by atoms with van der Waals surface area (Å²) in [5.74, 6) is 0.873. The molecule has 142 valence electrons. The largest absolute Gasteiger partial charge is 0.416 e. The summed E-state index contributed by atoms with van der Waals surface area (Å²) in [6, 6.07) is 9.87. The number of hydrogen-bond acceptors (Lipinski definition) is 4. The van der Waals surface area contributed by atoms with E-state index in [4.69, 9.17) is 0 Å². The lowest BCUT2D eigenvalue weighted by Crippen LogP contribution is -2.51. The molecule has 1 aliphatic heterocycles. The van der Waals surface area contributed by atoms with Crippen molar-refractivity contribution in [2.45, 2.75) is 6.18 Å². The minimum absolute atomic E-state index is 0.348. The van der Waals surface area contributed by atoms with E-state index in [1.165, 1.54) is 18.3 Å². The number of nitrogens with one attached hydrogen (secondary N) is 1. The Kier molecular flexibility index (Phi) is 5.58. The number of alkyl halides is 3. The Morgan fingerprint density at radius 3 is 2.37 bits per heavy atom. The first-order chi connectivity index (χ1) is 12.9. The van der Waals surface area contributed by atoms with E-state index in [0.717, 1.165) is 18.0 Å². The lowest BCUT2D eigenvalue weighted by atomic mass is 10.1. The van der Waals surface area contributed by atoms with Gasteiger partial charge >= 0.3 is 12.2 Å². The molecule has 1 N–H and O–H groups in total. The monoisotopic (exact) mass is 377 g/mol. The van der Waals surface area contributed by atoms with Gasteiger partial charge in [-0.15, -0.1) is 0 Å². The average Bonchev–Trinajstić information content (AvgIpc) is 2.68. The second-order valence-electron chi connectivity index (χ2n) is 5.96. The number of piperazine rings is 1. The van der Waals surface area contributed by atoms with Gasteiger partial charge in [0, 0.05) is 32.4 Å². The highest BCUT2D eigenvalue weighted by Gasteiger charge is 2.29. The Hall–Kier alpha value is -3.10. The van der Waals surface area contributed by atoms with Gasteiger partial charge in [-0.2, -0.15) is 18.3 Å². The number of nitrogens with zero attached hydrogens (tertiary/aromatic N) is 4. The number of carbonyl (C=O) groups is 1. The van der Waals surface area contributed by atoms with Crippen molar-refractivity contribution in [3.8, 4) is 0 Å². The minimum atomic E-state index is -4.37. The lowest BCUT2D eigenvalue weighted by Gasteiger charge is -2.34. The molecule has 1 saturated heterocycles. The van der Waals surface area contributed by atoms with Crippen molar-refractivity contribution in [2.75, 3.05) is 31.1 Å². The molecule has 2 aromatic rings. The highest BCUT2D eigenvalue weighted by Crippen LogP contribution is 2.28. The molecule has 0 spiro atoms. The van der Waals surface area contributed by atoms with Crippen molar-refractivity contribution in [1.29, 1.82) is 0 Å². The number of amides is 2. The van der Waals surface area contributed by atoms with Gasteiger partial charge in [0.15, 0.2) is 0 Å². The zero-order chi connectivity index (χ0) is 19.3. The van der Waals surface area contributed by atoms with Crippen molar-refractivity contribution in [3.63, 3.8) is 0 Å². The molecule has 9 heteroatoms. The van der Waals surface area contributed by atoms with E-state index in [0.29, 0.717) is 31.7 Å². The topological polar surface area (TPSA) is 60.8 Å². The van der Waals surface area contributed by atoms with E-state index in [-0.39, 0.29) is 6.03 Å². The van der Waals surface area contributed by atoms with Gasteiger partial charge in [0.1, 0.15) is 5.82 Å². The lowest BCUT2D eigenvalue weighted by molar-refractivity contribution is -0.137. The molecule has 6 nitrogen and oxygen atoms in total. The van der Waals surface area contributed by atoms with Crippen LogP contribution in [0.1, 0.15) is 11.1 Å². The SMILES string of the molecule is O=C(N/N=C/c1ccc(C(F)(F)F)cc1)N1CCN(c2ccccn2)CC1. The standard InChI is InChI=1S/C18H18F3N5O/c19-18(20,21)15-6-4-14(5-7-15)13-23-24-17(27)26-11-9-25(10-12-26)16-3-1-2-8-22-16/h1-8,13H,9-12H2,(H,24,27)/b23-13+. The Bertz CT molecular complexity index is 785. The molecular formula is C18H18F3N5O. The zero-order valence-corrected chi connectivity index (χ0v) is 14.4. The molecule has 27 heavy (non-hydrogen) atoms. The second-order valence-corrected chi connectivity index (χ2v) is 5.96. The van der Waals surface area contributed by atoms with Crippen LogP contribution in [0.25, 0.3) is 0 Å². The third-order valence-corrected chi connectivity index (χ3v) is 4.15. The van der Waals surface area contributed by atoms with Crippen LogP contribution in [0, 0.1) is 0 Å². The van der Waals surface area contributed by atoms with Crippen molar-refractivity contribution in [1.82, 2.24) is 15.3 Å².